The first-order valence-electron chi connectivity index (χ1n) is 8.41. The van der Waals surface area contributed by atoms with Gasteiger partial charge < -0.3 is 9.84 Å². The molecule has 1 aromatic heterocycles. The molecule has 3 rings (SSSR count). The summed E-state index contributed by atoms with van der Waals surface area (Å²) in [5.41, 5.74) is 2.32. The van der Waals surface area contributed by atoms with Crippen molar-refractivity contribution in [2.24, 2.45) is 5.92 Å². The lowest BCUT2D eigenvalue weighted by Gasteiger charge is -2.24. The molecule has 1 atom stereocenters. The van der Waals surface area contributed by atoms with Crippen LogP contribution < -0.4 is 0 Å². The number of methoxy groups -OCH3 is 1. The van der Waals surface area contributed by atoms with Gasteiger partial charge in [-0.2, -0.15) is 5.10 Å². The summed E-state index contributed by atoms with van der Waals surface area (Å²) in [5, 5.41) is 15.0. The SMILES string of the molecule is COCc1ccccc1Cn1cnc(C(O)C2CCCCC2)n1. The van der Waals surface area contributed by atoms with Crippen LogP contribution in [0.4, 0.5) is 0 Å². The Morgan fingerprint density at radius 2 is 1.96 bits per heavy atom. The molecule has 1 saturated carbocycles. The third-order valence-electron chi connectivity index (χ3n) is 4.67. The normalized spacial score (nSPS) is 17.3. The highest BCUT2D eigenvalue weighted by Crippen LogP contribution is 2.32. The third kappa shape index (κ3) is 3.98. The fraction of sp³-hybridized carbons (Fsp3) is 0.556. The Morgan fingerprint density at radius 3 is 2.70 bits per heavy atom. The zero-order valence-electron chi connectivity index (χ0n) is 13.7. The van der Waals surface area contributed by atoms with Crippen LogP contribution in [0, 0.1) is 5.92 Å². The standard InChI is InChI=1S/C18H25N3O2/c1-23-12-16-10-6-5-9-15(16)11-21-13-19-18(20-21)17(22)14-7-3-2-4-8-14/h5-6,9-10,13-14,17,22H,2-4,7-8,11-12H2,1H3. The second-order valence-corrected chi connectivity index (χ2v) is 6.34. The molecule has 0 saturated heterocycles. The number of nitrogens with zero attached hydrogens (tertiary/aromatic N) is 3. The lowest BCUT2D eigenvalue weighted by Crippen LogP contribution is -2.17. The highest BCUT2D eigenvalue weighted by atomic mass is 16.5. The summed E-state index contributed by atoms with van der Waals surface area (Å²) in [7, 11) is 1.70. The van der Waals surface area contributed by atoms with Crippen LogP contribution in [0.3, 0.4) is 0 Å². The molecule has 5 heteroatoms. The average molecular weight is 315 g/mol. The Hall–Kier alpha value is -1.72. The second kappa shape index (κ2) is 7.70. The molecule has 23 heavy (non-hydrogen) atoms. The predicted octanol–water partition coefficient (Wildman–Crippen LogP) is 3.09. The highest BCUT2D eigenvalue weighted by molar-refractivity contribution is 5.26. The van der Waals surface area contributed by atoms with E-state index in [2.05, 4.69) is 22.2 Å². The highest BCUT2D eigenvalue weighted by Gasteiger charge is 2.25. The van der Waals surface area contributed by atoms with Crippen LogP contribution in [0.5, 0.6) is 0 Å². The molecule has 124 valence electrons. The van der Waals surface area contributed by atoms with E-state index < -0.39 is 6.10 Å². The first-order chi connectivity index (χ1) is 11.3. The van der Waals surface area contributed by atoms with E-state index >= 15 is 0 Å². The molecule has 0 bridgehead atoms. The molecule has 1 N–H and O–H groups in total. The van der Waals surface area contributed by atoms with Crippen LogP contribution >= 0.6 is 0 Å². The summed E-state index contributed by atoms with van der Waals surface area (Å²) in [4.78, 5) is 4.33. The van der Waals surface area contributed by atoms with E-state index in [1.165, 1.54) is 19.3 Å². The van der Waals surface area contributed by atoms with E-state index in [0.717, 1.165) is 24.0 Å². The lowest BCUT2D eigenvalue weighted by atomic mass is 9.85. The van der Waals surface area contributed by atoms with Gasteiger partial charge in [-0.25, -0.2) is 9.67 Å². The third-order valence-corrected chi connectivity index (χ3v) is 4.67. The zero-order valence-corrected chi connectivity index (χ0v) is 13.7. The number of aromatic nitrogens is 3. The van der Waals surface area contributed by atoms with Crippen molar-refractivity contribution in [2.75, 3.05) is 7.11 Å². The number of hydrogen-bond acceptors (Lipinski definition) is 4. The van der Waals surface area contributed by atoms with Gasteiger partial charge in [-0.15, -0.1) is 0 Å². The van der Waals surface area contributed by atoms with Gasteiger partial charge in [0.05, 0.1) is 13.2 Å². The Labute approximate surface area is 137 Å². The molecule has 1 unspecified atom stereocenters. The molecular weight excluding hydrogens is 290 g/mol. The number of ether oxygens (including phenoxy) is 1. The average Bonchev–Trinajstić information content (AvgIpc) is 3.05. The van der Waals surface area contributed by atoms with Gasteiger partial charge in [0.15, 0.2) is 5.82 Å². The van der Waals surface area contributed by atoms with Gasteiger partial charge in [-0.05, 0) is 29.9 Å². The van der Waals surface area contributed by atoms with Gasteiger partial charge in [0.25, 0.3) is 0 Å². The van der Waals surface area contributed by atoms with Crippen molar-refractivity contribution in [3.63, 3.8) is 0 Å². The van der Waals surface area contributed by atoms with Gasteiger partial charge in [0.1, 0.15) is 12.4 Å². The molecule has 1 aromatic carbocycles. The number of benzene rings is 1. The molecule has 1 heterocycles. The van der Waals surface area contributed by atoms with Crippen molar-refractivity contribution in [1.82, 2.24) is 14.8 Å². The van der Waals surface area contributed by atoms with Crippen molar-refractivity contribution in [2.45, 2.75) is 51.4 Å². The molecule has 1 aliphatic carbocycles. The van der Waals surface area contributed by atoms with Crippen LogP contribution in [-0.2, 0) is 17.9 Å². The van der Waals surface area contributed by atoms with E-state index in [0.29, 0.717) is 24.9 Å². The number of hydrogen-bond donors (Lipinski definition) is 1. The van der Waals surface area contributed by atoms with Crippen LogP contribution in [0.15, 0.2) is 30.6 Å². The summed E-state index contributed by atoms with van der Waals surface area (Å²) in [5.74, 6) is 0.863. The van der Waals surface area contributed by atoms with Gasteiger partial charge in [-0.3, -0.25) is 0 Å². The fourth-order valence-electron chi connectivity index (χ4n) is 3.36. The predicted molar refractivity (Wildman–Crippen MR) is 87.8 cm³/mol. The van der Waals surface area contributed by atoms with Crippen molar-refractivity contribution < 1.29 is 9.84 Å². The maximum Gasteiger partial charge on any atom is 0.179 e. The zero-order chi connectivity index (χ0) is 16.1. The molecule has 0 aliphatic heterocycles. The topological polar surface area (TPSA) is 60.2 Å². The number of rotatable bonds is 6. The number of aliphatic hydroxyl groups is 1. The molecular formula is C18H25N3O2. The van der Waals surface area contributed by atoms with Gasteiger partial charge in [0.2, 0.25) is 0 Å². The summed E-state index contributed by atoms with van der Waals surface area (Å²) >= 11 is 0. The number of aliphatic hydroxyl groups excluding tert-OH is 1. The Balaban J connectivity index is 1.69. The van der Waals surface area contributed by atoms with Crippen LogP contribution in [0.25, 0.3) is 0 Å². The van der Waals surface area contributed by atoms with Crippen molar-refractivity contribution >= 4 is 0 Å². The van der Waals surface area contributed by atoms with Crippen LogP contribution in [-0.4, -0.2) is 27.0 Å². The summed E-state index contributed by atoms with van der Waals surface area (Å²) in [6, 6.07) is 8.17. The van der Waals surface area contributed by atoms with E-state index in [1.54, 1.807) is 18.1 Å². The monoisotopic (exact) mass is 315 g/mol. The molecule has 1 aliphatic rings. The first-order valence-corrected chi connectivity index (χ1v) is 8.41. The summed E-state index contributed by atoms with van der Waals surface area (Å²) < 4.78 is 7.05. The summed E-state index contributed by atoms with van der Waals surface area (Å²) in [6.07, 6.45) is 7.01. The smallest absolute Gasteiger partial charge is 0.179 e. The quantitative estimate of drug-likeness (QED) is 0.890. The van der Waals surface area contributed by atoms with Crippen LogP contribution in [0.2, 0.25) is 0 Å². The minimum atomic E-state index is -0.536. The molecule has 2 aromatic rings. The lowest BCUT2D eigenvalue weighted by molar-refractivity contribution is 0.0770. The fourth-order valence-corrected chi connectivity index (χ4v) is 3.36. The molecule has 0 amide bonds. The maximum atomic E-state index is 10.5. The minimum Gasteiger partial charge on any atom is -0.385 e. The molecule has 0 radical (unpaired) electrons. The van der Waals surface area contributed by atoms with E-state index in [4.69, 9.17) is 4.74 Å². The molecule has 5 nitrogen and oxygen atoms in total. The van der Waals surface area contributed by atoms with Gasteiger partial charge >= 0.3 is 0 Å². The van der Waals surface area contributed by atoms with E-state index in [9.17, 15) is 5.11 Å². The van der Waals surface area contributed by atoms with Gasteiger partial charge in [0, 0.05) is 7.11 Å². The Kier molecular flexibility index (Phi) is 5.41. The van der Waals surface area contributed by atoms with Crippen molar-refractivity contribution in [3.8, 4) is 0 Å². The summed E-state index contributed by atoms with van der Waals surface area (Å²) in [6.45, 7) is 1.23. The van der Waals surface area contributed by atoms with Gasteiger partial charge in [-0.1, -0.05) is 43.5 Å². The van der Waals surface area contributed by atoms with Crippen molar-refractivity contribution in [3.05, 3.63) is 47.5 Å². The first kappa shape index (κ1) is 16.1. The van der Waals surface area contributed by atoms with E-state index in [-0.39, 0.29) is 0 Å². The Bertz CT molecular complexity index is 620. The van der Waals surface area contributed by atoms with E-state index in [1.807, 2.05) is 12.1 Å². The molecule has 0 spiro atoms. The van der Waals surface area contributed by atoms with Crippen molar-refractivity contribution in [1.29, 1.82) is 0 Å². The minimum absolute atomic E-state index is 0.306. The maximum absolute atomic E-state index is 10.5. The largest absolute Gasteiger partial charge is 0.385 e. The van der Waals surface area contributed by atoms with Crippen LogP contribution in [0.1, 0.15) is 55.2 Å². The molecule has 1 fully saturated rings. The Morgan fingerprint density at radius 1 is 1.22 bits per heavy atom. The second-order valence-electron chi connectivity index (χ2n) is 6.34.